The molecule has 0 aliphatic carbocycles. The largest absolute Gasteiger partial charge is 0.388 e. The number of hydrogen-bond acceptors (Lipinski definition) is 7. The van der Waals surface area contributed by atoms with Crippen molar-refractivity contribution in [3.05, 3.63) is 77.2 Å². The second-order valence-electron chi connectivity index (χ2n) is 9.82. The first-order valence-electron chi connectivity index (χ1n) is 12.4. The highest BCUT2D eigenvalue weighted by molar-refractivity contribution is 7.94. The predicted octanol–water partition coefficient (Wildman–Crippen LogP) is 3.05. The zero-order valence-corrected chi connectivity index (χ0v) is 22.4. The number of nitrogens with zero attached hydrogens (tertiary/aromatic N) is 2. The van der Waals surface area contributed by atoms with Gasteiger partial charge >= 0.3 is 0 Å². The summed E-state index contributed by atoms with van der Waals surface area (Å²) < 4.78 is 27.6. The van der Waals surface area contributed by atoms with Gasteiger partial charge in [-0.2, -0.15) is 0 Å². The highest BCUT2D eigenvalue weighted by atomic mass is 32.2. The van der Waals surface area contributed by atoms with E-state index in [9.17, 15) is 18.3 Å². The van der Waals surface area contributed by atoms with Crippen molar-refractivity contribution < 1.29 is 18.3 Å². The number of piperidine rings is 1. The Hall–Kier alpha value is -2.92. The van der Waals surface area contributed by atoms with Gasteiger partial charge in [0.05, 0.1) is 17.0 Å². The van der Waals surface area contributed by atoms with Crippen LogP contribution in [0.1, 0.15) is 24.0 Å². The number of benzene rings is 2. The van der Waals surface area contributed by atoms with Crippen LogP contribution in [0, 0.1) is 0 Å². The van der Waals surface area contributed by atoms with Crippen molar-refractivity contribution in [2.24, 2.45) is 0 Å². The van der Waals surface area contributed by atoms with Gasteiger partial charge in [0.2, 0.25) is 5.91 Å². The summed E-state index contributed by atoms with van der Waals surface area (Å²) in [5.41, 5.74) is 2.36. The third-order valence-electron chi connectivity index (χ3n) is 7.26. The van der Waals surface area contributed by atoms with Gasteiger partial charge in [-0.3, -0.25) is 14.0 Å². The average molecular weight is 541 g/mol. The Morgan fingerprint density at radius 3 is 2.59 bits per heavy atom. The number of amides is 1. The Morgan fingerprint density at radius 2 is 1.89 bits per heavy atom. The molecule has 1 unspecified atom stereocenters. The van der Waals surface area contributed by atoms with E-state index >= 15 is 0 Å². The van der Waals surface area contributed by atoms with Crippen molar-refractivity contribution in [2.45, 2.75) is 41.7 Å². The number of hydrogen-bond donors (Lipinski definition) is 3. The number of carbonyl (C=O) groups excluding carboxylic acids is 1. The molecule has 37 heavy (non-hydrogen) atoms. The fourth-order valence-electron chi connectivity index (χ4n) is 4.98. The van der Waals surface area contributed by atoms with Gasteiger partial charge in [-0.05, 0) is 41.5 Å². The first kappa shape index (κ1) is 25.7. The van der Waals surface area contributed by atoms with E-state index in [0.29, 0.717) is 30.6 Å². The molecule has 0 bridgehead atoms. The van der Waals surface area contributed by atoms with Crippen molar-refractivity contribution >= 4 is 38.6 Å². The van der Waals surface area contributed by atoms with Gasteiger partial charge in [0, 0.05) is 39.6 Å². The molecule has 196 valence electrons. The summed E-state index contributed by atoms with van der Waals surface area (Å²) in [6.45, 7) is 2.58. The molecule has 2 aliphatic rings. The molecule has 8 nitrogen and oxygen atoms in total. The summed E-state index contributed by atoms with van der Waals surface area (Å²) in [5.74, 6) is -0.203. The summed E-state index contributed by atoms with van der Waals surface area (Å²) in [7, 11) is -2.16. The van der Waals surface area contributed by atoms with E-state index in [1.54, 1.807) is 23.6 Å². The zero-order valence-electron chi connectivity index (χ0n) is 20.8. The molecule has 3 aromatic rings. The highest BCUT2D eigenvalue weighted by Crippen LogP contribution is 2.38. The molecule has 2 aliphatic heterocycles. The molecule has 1 aromatic heterocycles. The molecule has 3 heterocycles. The number of nitrogens with one attached hydrogen (secondary N) is 2. The van der Waals surface area contributed by atoms with Gasteiger partial charge in [-0.25, -0.2) is 8.42 Å². The van der Waals surface area contributed by atoms with Crippen LogP contribution in [-0.4, -0.2) is 62.7 Å². The van der Waals surface area contributed by atoms with Gasteiger partial charge in [0.25, 0.3) is 10.0 Å². The SMILES string of the molecule is CN(c1cccc2c1NC(C(=O)NCC1(O)CCN(Cc3ccccc3)CC1)C2)S(=O)(=O)c1cccs1. The molecule has 5 rings (SSSR count). The zero-order chi connectivity index (χ0) is 26.0. The van der Waals surface area contributed by atoms with Gasteiger partial charge in [0.1, 0.15) is 10.3 Å². The first-order chi connectivity index (χ1) is 17.7. The molecule has 1 saturated heterocycles. The van der Waals surface area contributed by atoms with Crippen LogP contribution in [0.2, 0.25) is 0 Å². The Bertz CT molecular complexity index is 1340. The Labute approximate surface area is 222 Å². The van der Waals surface area contributed by atoms with E-state index in [0.717, 1.165) is 25.2 Å². The van der Waals surface area contributed by atoms with E-state index < -0.39 is 21.7 Å². The molecule has 3 N–H and O–H groups in total. The average Bonchev–Trinajstić information content (AvgIpc) is 3.60. The van der Waals surface area contributed by atoms with Crippen LogP contribution in [0.25, 0.3) is 0 Å². The van der Waals surface area contributed by atoms with E-state index in [4.69, 9.17) is 0 Å². The Morgan fingerprint density at radius 1 is 1.14 bits per heavy atom. The van der Waals surface area contributed by atoms with Crippen LogP contribution < -0.4 is 14.9 Å². The molecule has 0 saturated carbocycles. The number of anilines is 2. The van der Waals surface area contributed by atoms with E-state index in [1.807, 2.05) is 30.3 Å². The quantitative estimate of drug-likeness (QED) is 0.406. The van der Waals surface area contributed by atoms with Crippen LogP contribution >= 0.6 is 11.3 Å². The van der Waals surface area contributed by atoms with Crippen LogP contribution in [0.4, 0.5) is 11.4 Å². The topological polar surface area (TPSA) is 102 Å². The number of para-hydroxylation sites is 1. The maximum Gasteiger partial charge on any atom is 0.273 e. The molecule has 2 aromatic carbocycles. The predicted molar refractivity (Wildman–Crippen MR) is 146 cm³/mol. The molecule has 10 heteroatoms. The number of carbonyl (C=O) groups is 1. The smallest absolute Gasteiger partial charge is 0.273 e. The fourth-order valence-corrected chi connectivity index (χ4v) is 7.35. The number of fused-ring (bicyclic) bond motifs is 1. The van der Waals surface area contributed by atoms with Gasteiger partial charge in [0.15, 0.2) is 0 Å². The first-order valence-corrected chi connectivity index (χ1v) is 14.7. The fraction of sp³-hybridized carbons (Fsp3) is 0.370. The molecule has 0 radical (unpaired) electrons. The van der Waals surface area contributed by atoms with Crippen molar-refractivity contribution in [2.75, 3.05) is 36.3 Å². The number of sulfonamides is 1. The number of rotatable bonds is 8. The van der Waals surface area contributed by atoms with Gasteiger partial charge in [-0.1, -0.05) is 48.5 Å². The third kappa shape index (κ3) is 5.52. The molecular weight excluding hydrogens is 508 g/mol. The minimum atomic E-state index is -3.69. The third-order valence-corrected chi connectivity index (χ3v) is 10.4. The minimum Gasteiger partial charge on any atom is -0.388 e. The maximum atomic E-state index is 13.0. The second kappa shape index (κ2) is 10.4. The monoisotopic (exact) mass is 540 g/mol. The van der Waals surface area contributed by atoms with E-state index in [-0.39, 0.29) is 16.7 Å². The Balaban J connectivity index is 1.17. The van der Waals surface area contributed by atoms with Crippen LogP contribution in [0.5, 0.6) is 0 Å². The van der Waals surface area contributed by atoms with Crippen molar-refractivity contribution in [1.82, 2.24) is 10.2 Å². The van der Waals surface area contributed by atoms with Crippen LogP contribution in [0.3, 0.4) is 0 Å². The molecule has 1 amide bonds. The van der Waals surface area contributed by atoms with Gasteiger partial charge in [-0.15, -0.1) is 11.3 Å². The highest BCUT2D eigenvalue weighted by Gasteiger charge is 2.35. The minimum absolute atomic E-state index is 0.194. The summed E-state index contributed by atoms with van der Waals surface area (Å²) in [5, 5.41) is 19.0. The van der Waals surface area contributed by atoms with E-state index in [1.165, 1.54) is 28.3 Å². The lowest BCUT2D eigenvalue weighted by atomic mass is 9.91. The summed E-state index contributed by atoms with van der Waals surface area (Å²) in [4.78, 5) is 15.4. The molecule has 0 spiro atoms. The molecule has 1 atom stereocenters. The van der Waals surface area contributed by atoms with Crippen LogP contribution in [-0.2, 0) is 27.8 Å². The summed E-state index contributed by atoms with van der Waals surface area (Å²) >= 11 is 1.17. The summed E-state index contributed by atoms with van der Waals surface area (Å²) in [6.07, 6.45) is 1.63. The Kier molecular flexibility index (Phi) is 7.26. The number of likely N-dealkylation sites (tertiary alicyclic amines) is 1. The molecule has 1 fully saturated rings. The number of aliphatic hydroxyl groups is 1. The lowest BCUT2D eigenvalue weighted by molar-refractivity contribution is -0.123. The second-order valence-corrected chi connectivity index (χ2v) is 13.0. The van der Waals surface area contributed by atoms with Crippen molar-refractivity contribution in [3.63, 3.8) is 0 Å². The van der Waals surface area contributed by atoms with E-state index in [2.05, 4.69) is 27.7 Å². The maximum absolute atomic E-state index is 13.0. The standard InChI is InChI=1S/C27H32N4O4S2/c1-30(37(34,35)24-11-6-16-36-24)23-10-5-9-21-17-22(29-25(21)23)26(32)28-19-27(33)12-14-31(15-13-27)18-20-7-3-2-4-8-20/h2-11,16,22,29,33H,12-15,17-19H2,1H3,(H,28,32). The lowest BCUT2D eigenvalue weighted by Gasteiger charge is -2.38. The summed E-state index contributed by atoms with van der Waals surface area (Å²) in [6, 6.07) is 18.5. The van der Waals surface area contributed by atoms with Gasteiger partial charge < -0.3 is 15.7 Å². The molecular formula is C27H32N4O4S2. The normalized spacial score (nSPS) is 19.1. The van der Waals surface area contributed by atoms with Crippen molar-refractivity contribution in [3.8, 4) is 0 Å². The van der Waals surface area contributed by atoms with Crippen LogP contribution in [0.15, 0.2) is 70.3 Å². The number of thiophene rings is 1. The van der Waals surface area contributed by atoms with Crippen molar-refractivity contribution in [1.29, 1.82) is 0 Å². The lowest BCUT2D eigenvalue weighted by Crippen LogP contribution is -2.52.